The minimum Gasteiger partial charge on any atom is -0.349 e. The van der Waals surface area contributed by atoms with E-state index in [9.17, 15) is 9.59 Å². The number of carbonyl (C=O) groups is 2. The van der Waals surface area contributed by atoms with Crippen LogP contribution in [0.25, 0.3) is 15.9 Å². The number of benzene rings is 1. The molecule has 1 N–H and O–H groups in total. The number of aromatic nitrogens is 2. The number of hydrogen-bond donors (Lipinski definition) is 1. The SMILES string of the molecule is Cc1nn(-c2ccccc2)c2sc(C(=O)NC3CCC(C(=O)N(C)C)CC3)cc12. The van der Waals surface area contributed by atoms with Crippen molar-refractivity contribution in [3.63, 3.8) is 0 Å². The third-order valence-corrected chi connectivity index (χ3v) is 6.73. The summed E-state index contributed by atoms with van der Waals surface area (Å²) in [4.78, 5) is 28.3. The third kappa shape index (κ3) is 3.92. The molecule has 4 rings (SSSR count). The zero-order valence-corrected chi connectivity index (χ0v) is 17.8. The second-order valence-electron chi connectivity index (χ2n) is 7.92. The number of thiophene rings is 1. The fourth-order valence-electron chi connectivity index (χ4n) is 4.01. The summed E-state index contributed by atoms with van der Waals surface area (Å²) in [5.41, 5.74) is 1.91. The predicted molar refractivity (Wildman–Crippen MR) is 116 cm³/mol. The molecule has 0 unspecified atom stereocenters. The second-order valence-corrected chi connectivity index (χ2v) is 8.95. The second kappa shape index (κ2) is 7.99. The molecule has 152 valence electrons. The van der Waals surface area contributed by atoms with Crippen molar-refractivity contribution in [3.05, 3.63) is 47.0 Å². The number of fused-ring (bicyclic) bond motifs is 1. The van der Waals surface area contributed by atoms with Crippen molar-refractivity contribution in [1.29, 1.82) is 0 Å². The predicted octanol–water partition coefficient (Wildman–Crippen LogP) is 3.77. The van der Waals surface area contributed by atoms with Gasteiger partial charge in [0.2, 0.25) is 5.91 Å². The summed E-state index contributed by atoms with van der Waals surface area (Å²) in [7, 11) is 3.60. The summed E-state index contributed by atoms with van der Waals surface area (Å²) >= 11 is 1.47. The molecule has 1 aromatic carbocycles. The maximum atomic E-state index is 12.9. The van der Waals surface area contributed by atoms with Gasteiger partial charge in [-0.05, 0) is 50.8 Å². The van der Waals surface area contributed by atoms with Crippen LogP contribution in [-0.2, 0) is 4.79 Å². The van der Waals surface area contributed by atoms with Gasteiger partial charge in [-0.15, -0.1) is 11.3 Å². The Morgan fingerprint density at radius 2 is 1.83 bits per heavy atom. The van der Waals surface area contributed by atoms with E-state index >= 15 is 0 Å². The molecule has 0 radical (unpaired) electrons. The van der Waals surface area contributed by atoms with Crippen LogP contribution in [0.1, 0.15) is 41.0 Å². The number of amides is 2. The van der Waals surface area contributed by atoms with Crippen molar-refractivity contribution in [2.45, 2.75) is 38.6 Å². The minimum atomic E-state index is -0.0346. The van der Waals surface area contributed by atoms with E-state index in [2.05, 4.69) is 10.4 Å². The van der Waals surface area contributed by atoms with E-state index in [1.54, 1.807) is 19.0 Å². The number of rotatable bonds is 4. The zero-order valence-electron chi connectivity index (χ0n) is 17.0. The molecule has 6 nitrogen and oxygen atoms in total. The summed E-state index contributed by atoms with van der Waals surface area (Å²) in [6, 6.07) is 12.0. The number of hydrogen-bond acceptors (Lipinski definition) is 4. The van der Waals surface area contributed by atoms with Gasteiger partial charge in [0.15, 0.2) is 0 Å². The largest absolute Gasteiger partial charge is 0.349 e. The maximum Gasteiger partial charge on any atom is 0.261 e. The van der Waals surface area contributed by atoms with Crippen LogP contribution >= 0.6 is 11.3 Å². The molecule has 0 saturated heterocycles. The van der Waals surface area contributed by atoms with E-state index in [1.165, 1.54) is 11.3 Å². The van der Waals surface area contributed by atoms with Crippen LogP contribution in [0.4, 0.5) is 0 Å². The Kier molecular flexibility index (Phi) is 5.41. The minimum absolute atomic E-state index is 0.0346. The highest BCUT2D eigenvalue weighted by molar-refractivity contribution is 7.20. The summed E-state index contributed by atoms with van der Waals surface area (Å²) < 4.78 is 1.91. The summed E-state index contributed by atoms with van der Waals surface area (Å²) in [5, 5.41) is 8.82. The smallest absolute Gasteiger partial charge is 0.261 e. The van der Waals surface area contributed by atoms with Crippen molar-refractivity contribution in [2.24, 2.45) is 5.92 Å². The van der Waals surface area contributed by atoms with Gasteiger partial charge < -0.3 is 10.2 Å². The van der Waals surface area contributed by atoms with Crippen LogP contribution in [0.2, 0.25) is 0 Å². The molecule has 0 aliphatic heterocycles. The Balaban J connectivity index is 1.47. The van der Waals surface area contributed by atoms with Gasteiger partial charge in [-0.2, -0.15) is 5.10 Å². The molecule has 0 spiro atoms. The quantitative estimate of drug-likeness (QED) is 0.712. The van der Waals surface area contributed by atoms with E-state index in [4.69, 9.17) is 0 Å². The highest BCUT2D eigenvalue weighted by Crippen LogP contribution is 2.31. The van der Waals surface area contributed by atoms with Crippen LogP contribution in [0.5, 0.6) is 0 Å². The van der Waals surface area contributed by atoms with Crippen LogP contribution in [0, 0.1) is 12.8 Å². The van der Waals surface area contributed by atoms with Gasteiger partial charge in [0, 0.05) is 31.4 Å². The first-order valence-corrected chi connectivity index (χ1v) is 10.8. The van der Waals surface area contributed by atoms with E-state index in [0.717, 1.165) is 47.3 Å². The van der Waals surface area contributed by atoms with Gasteiger partial charge in [0.25, 0.3) is 5.91 Å². The van der Waals surface area contributed by atoms with Gasteiger partial charge in [-0.1, -0.05) is 18.2 Å². The van der Waals surface area contributed by atoms with Crippen LogP contribution in [0.3, 0.4) is 0 Å². The molecule has 1 fully saturated rings. The monoisotopic (exact) mass is 410 g/mol. The molecule has 1 aliphatic carbocycles. The fraction of sp³-hybridized carbons (Fsp3) is 0.409. The lowest BCUT2D eigenvalue weighted by Gasteiger charge is -2.29. The summed E-state index contributed by atoms with van der Waals surface area (Å²) in [5.74, 6) is 0.245. The number of nitrogens with zero attached hydrogens (tertiary/aromatic N) is 3. The lowest BCUT2D eigenvalue weighted by Crippen LogP contribution is -2.40. The summed E-state index contributed by atoms with van der Waals surface area (Å²) in [6.07, 6.45) is 3.35. The van der Waals surface area contributed by atoms with Crippen molar-refractivity contribution in [3.8, 4) is 5.69 Å². The molecular weight excluding hydrogens is 384 g/mol. The Labute approximate surface area is 174 Å². The normalized spacial score (nSPS) is 19.3. The molecule has 2 heterocycles. The van der Waals surface area contributed by atoms with E-state index in [-0.39, 0.29) is 23.8 Å². The van der Waals surface area contributed by atoms with Crippen LogP contribution < -0.4 is 5.32 Å². The van der Waals surface area contributed by atoms with Gasteiger partial charge >= 0.3 is 0 Å². The molecule has 7 heteroatoms. The maximum absolute atomic E-state index is 12.9. The molecule has 29 heavy (non-hydrogen) atoms. The van der Waals surface area contributed by atoms with Gasteiger partial charge in [0.05, 0.1) is 16.3 Å². The van der Waals surface area contributed by atoms with Crippen LogP contribution in [-0.4, -0.2) is 46.6 Å². The van der Waals surface area contributed by atoms with Gasteiger partial charge in [-0.25, -0.2) is 4.68 Å². The van der Waals surface area contributed by atoms with Gasteiger partial charge in [-0.3, -0.25) is 9.59 Å². The Bertz CT molecular complexity index is 1030. The molecule has 3 aromatic rings. The Morgan fingerprint density at radius 3 is 2.48 bits per heavy atom. The first-order chi connectivity index (χ1) is 13.9. The van der Waals surface area contributed by atoms with Crippen molar-refractivity contribution in [2.75, 3.05) is 14.1 Å². The number of carbonyl (C=O) groups excluding carboxylic acids is 2. The fourth-order valence-corrected chi connectivity index (χ4v) is 5.10. The molecule has 2 amide bonds. The Morgan fingerprint density at radius 1 is 1.14 bits per heavy atom. The van der Waals surface area contributed by atoms with E-state index in [1.807, 2.05) is 48.0 Å². The molecule has 1 aliphatic rings. The standard InChI is InChI=1S/C22H26N4O2S/c1-14-18-13-19(29-22(18)26(24-14)17-7-5-4-6-8-17)20(27)23-16-11-9-15(10-12-16)21(28)25(2)3/h4-8,13,15-16H,9-12H2,1-3H3,(H,23,27). The summed E-state index contributed by atoms with van der Waals surface area (Å²) in [6.45, 7) is 1.97. The highest BCUT2D eigenvalue weighted by atomic mass is 32.1. The number of nitrogens with one attached hydrogen (secondary N) is 1. The van der Waals surface area contributed by atoms with Crippen molar-refractivity contribution >= 4 is 33.4 Å². The first-order valence-electron chi connectivity index (χ1n) is 10.0. The Hall–Kier alpha value is -2.67. The highest BCUT2D eigenvalue weighted by Gasteiger charge is 2.28. The average molecular weight is 411 g/mol. The third-order valence-electron chi connectivity index (χ3n) is 5.62. The molecular formula is C22H26N4O2S. The van der Waals surface area contributed by atoms with E-state index in [0.29, 0.717) is 4.88 Å². The lowest BCUT2D eigenvalue weighted by molar-refractivity contribution is -0.134. The van der Waals surface area contributed by atoms with Crippen LogP contribution in [0.15, 0.2) is 36.4 Å². The first kappa shape index (κ1) is 19.6. The van der Waals surface area contributed by atoms with Crippen molar-refractivity contribution in [1.82, 2.24) is 20.0 Å². The van der Waals surface area contributed by atoms with E-state index < -0.39 is 0 Å². The number of para-hydroxylation sites is 1. The topological polar surface area (TPSA) is 67.2 Å². The lowest BCUT2D eigenvalue weighted by atomic mass is 9.85. The molecule has 0 atom stereocenters. The average Bonchev–Trinajstić information content (AvgIpc) is 3.29. The van der Waals surface area contributed by atoms with Gasteiger partial charge in [0.1, 0.15) is 4.83 Å². The van der Waals surface area contributed by atoms with Crippen molar-refractivity contribution < 1.29 is 9.59 Å². The molecule has 0 bridgehead atoms. The number of aryl methyl sites for hydroxylation is 1. The zero-order chi connectivity index (χ0) is 20.5. The molecule has 1 saturated carbocycles. The molecule has 2 aromatic heterocycles.